The van der Waals surface area contributed by atoms with E-state index in [0.29, 0.717) is 13.2 Å². The first-order valence-electron chi connectivity index (χ1n) is 7.67. The lowest BCUT2D eigenvalue weighted by Crippen LogP contribution is -2.65. The molecule has 130 valence electrons. The molecule has 8 heteroatoms. The van der Waals surface area contributed by atoms with Crippen LogP contribution >= 0.6 is 38.9 Å². The molecule has 1 saturated heterocycles. The quantitative estimate of drug-likeness (QED) is 0.354. The Labute approximate surface area is 162 Å². The first-order valence-corrected chi connectivity index (χ1v) is 9.35. The molecule has 1 aromatic rings. The normalized spacial score (nSPS) is 25.5. The number of carbonyl (C=O) groups excluding carboxylic acids is 2. The van der Waals surface area contributed by atoms with E-state index >= 15 is 0 Å². The van der Waals surface area contributed by atoms with Gasteiger partial charge in [-0.3, -0.25) is 4.79 Å². The van der Waals surface area contributed by atoms with Gasteiger partial charge in [0.15, 0.2) is 28.4 Å². The Morgan fingerprint density at radius 2 is 2.25 bits per heavy atom. The van der Waals surface area contributed by atoms with E-state index in [0.717, 1.165) is 15.7 Å². The fraction of sp³-hybridized carbons (Fsp3) is 0.500. The third-order valence-corrected chi connectivity index (χ3v) is 5.49. The number of benzene rings is 1. The van der Waals surface area contributed by atoms with E-state index in [4.69, 9.17) is 12.5 Å². The summed E-state index contributed by atoms with van der Waals surface area (Å²) >= 11 is 5.02. The zero-order chi connectivity index (χ0) is 17.3. The first kappa shape index (κ1) is 17.9. The molecular formula is C16H17BrINO5. The minimum atomic E-state index is -1.42. The summed E-state index contributed by atoms with van der Waals surface area (Å²) in [4.78, 5) is 27.6. The van der Waals surface area contributed by atoms with Crippen LogP contribution in [0.4, 0.5) is 5.69 Å². The van der Waals surface area contributed by atoms with E-state index in [1.54, 1.807) is 6.92 Å². The molecule has 0 saturated carbocycles. The Hall–Kier alpha value is -0.870. The number of morpholine rings is 1. The molecule has 0 aromatic heterocycles. The van der Waals surface area contributed by atoms with Gasteiger partial charge >= 0.3 is 11.9 Å². The minimum absolute atomic E-state index is 0.204. The summed E-state index contributed by atoms with van der Waals surface area (Å²) < 4.78 is 16.8. The maximum absolute atomic E-state index is 12.8. The molecule has 0 amide bonds. The Bertz CT molecular complexity index is 670. The number of nitrogens with zero attached hydrogens (tertiary/aromatic N) is 1. The molecule has 24 heavy (non-hydrogen) atoms. The molecule has 2 aliphatic rings. The maximum atomic E-state index is 12.8. The fourth-order valence-electron chi connectivity index (χ4n) is 3.50. The topological polar surface area (TPSA) is 65.1 Å². The van der Waals surface area contributed by atoms with Crippen molar-refractivity contribution in [2.45, 2.75) is 19.4 Å². The fourth-order valence-corrected chi connectivity index (χ4v) is 4.24. The number of halogens is 2. The summed E-state index contributed by atoms with van der Waals surface area (Å²) in [5, 5.41) is 0. The molecule has 0 aliphatic carbocycles. The zero-order valence-electron chi connectivity index (χ0n) is 13.1. The summed E-state index contributed by atoms with van der Waals surface area (Å²) in [5.74, 6) is -1.14. The highest BCUT2D eigenvalue weighted by atomic mass is 127. The van der Waals surface area contributed by atoms with Gasteiger partial charge in [0, 0.05) is 23.1 Å². The predicted octanol–water partition coefficient (Wildman–Crippen LogP) is 2.65. The Balaban J connectivity index is 2.16. The van der Waals surface area contributed by atoms with Gasteiger partial charge in [0.2, 0.25) is 0 Å². The molecule has 0 N–H and O–H groups in total. The highest BCUT2D eigenvalue weighted by Gasteiger charge is 2.60. The number of fused-ring (bicyclic) bond motifs is 3. The monoisotopic (exact) mass is 509 g/mol. The number of esters is 1. The van der Waals surface area contributed by atoms with Gasteiger partial charge in [-0.2, -0.15) is 0 Å². The maximum Gasteiger partial charge on any atom is 0.335 e. The molecule has 0 bridgehead atoms. The van der Waals surface area contributed by atoms with Crippen molar-refractivity contribution in [3.63, 3.8) is 0 Å². The van der Waals surface area contributed by atoms with Crippen molar-refractivity contribution in [1.82, 2.24) is 0 Å². The predicted molar refractivity (Wildman–Crippen MR) is 99.0 cm³/mol. The summed E-state index contributed by atoms with van der Waals surface area (Å²) in [6.45, 7) is 3.35. The van der Waals surface area contributed by atoms with Gasteiger partial charge in [0.1, 0.15) is 0 Å². The van der Waals surface area contributed by atoms with Gasteiger partial charge < -0.3 is 17.4 Å². The number of ether oxygens (including phenoxy) is 2. The first-order chi connectivity index (χ1) is 11.5. The number of carbonyl (C=O) groups is 2. The molecule has 2 atom stereocenters. The van der Waals surface area contributed by atoms with Gasteiger partial charge in [-0.1, -0.05) is 22.0 Å². The Morgan fingerprint density at radius 3 is 2.96 bits per heavy atom. The van der Waals surface area contributed by atoms with Gasteiger partial charge in [0.25, 0.3) is 0 Å². The van der Waals surface area contributed by atoms with Crippen LogP contribution in [0.15, 0.2) is 22.7 Å². The van der Waals surface area contributed by atoms with E-state index in [9.17, 15) is 9.59 Å². The average molecular weight is 510 g/mol. The second-order valence-corrected chi connectivity index (χ2v) is 7.15. The lowest BCUT2D eigenvalue weighted by atomic mass is 9.71. The smallest absolute Gasteiger partial charge is 0.335 e. The van der Waals surface area contributed by atoms with E-state index in [-0.39, 0.29) is 19.6 Å². The van der Waals surface area contributed by atoms with Gasteiger partial charge in [-0.05, 0) is 24.6 Å². The van der Waals surface area contributed by atoms with Gasteiger partial charge in [0.05, 0.1) is 25.9 Å². The van der Waals surface area contributed by atoms with Crippen LogP contribution in [0.3, 0.4) is 0 Å². The van der Waals surface area contributed by atoms with E-state index in [2.05, 4.69) is 20.8 Å². The van der Waals surface area contributed by atoms with Crippen LogP contribution < -0.4 is 4.90 Å². The Morgan fingerprint density at radius 1 is 1.46 bits per heavy atom. The minimum Gasteiger partial charge on any atom is -0.465 e. The molecule has 0 radical (unpaired) electrons. The molecule has 3 rings (SSSR count). The summed E-state index contributed by atoms with van der Waals surface area (Å²) in [5.41, 5.74) is 0.517. The SMILES string of the molecule is CCOC(=O)C1(C(=O)OI)Cc2ccc(Br)cc2N2CCOCC21. The molecule has 2 unspecified atom stereocenters. The number of hydrogen-bond acceptors (Lipinski definition) is 6. The van der Waals surface area contributed by atoms with Crippen molar-refractivity contribution in [1.29, 1.82) is 0 Å². The van der Waals surface area contributed by atoms with Crippen LogP contribution in [0.1, 0.15) is 12.5 Å². The molecular weight excluding hydrogens is 493 g/mol. The summed E-state index contributed by atoms with van der Waals surface area (Å²) in [6.07, 6.45) is 0.237. The Kier molecular flexibility index (Phi) is 5.36. The van der Waals surface area contributed by atoms with Crippen molar-refractivity contribution in [2.24, 2.45) is 5.41 Å². The molecule has 6 nitrogen and oxygen atoms in total. The van der Waals surface area contributed by atoms with Crippen molar-refractivity contribution in [3.05, 3.63) is 28.2 Å². The highest BCUT2D eigenvalue weighted by molar-refractivity contribution is 14.1. The largest absolute Gasteiger partial charge is 0.465 e. The number of rotatable bonds is 3. The average Bonchev–Trinajstić information content (AvgIpc) is 2.60. The van der Waals surface area contributed by atoms with Gasteiger partial charge in [-0.25, -0.2) is 4.79 Å². The third-order valence-electron chi connectivity index (χ3n) is 4.60. The van der Waals surface area contributed by atoms with Crippen molar-refractivity contribution in [2.75, 3.05) is 31.3 Å². The van der Waals surface area contributed by atoms with E-state index < -0.39 is 23.4 Å². The van der Waals surface area contributed by atoms with Crippen LogP contribution in [0, 0.1) is 5.41 Å². The molecule has 2 heterocycles. The van der Waals surface area contributed by atoms with Crippen molar-refractivity contribution < 1.29 is 22.1 Å². The number of hydrogen-bond donors (Lipinski definition) is 0. The molecule has 1 aromatic carbocycles. The zero-order valence-corrected chi connectivity index (χ0v) is 16.8. The lowest BCUT2D eigenvalue weighted by molar-refractivity contribution is -0.170. The van der Waals surface area contributed by atoms with E-state index in [1.165, 1.54) is 23.0 Å². The summed E-state index contributed by atoms with van der Waals surface area (Å²) in [7, 11) is 0. The molecule has 2 aliphatic heterocycles. The van der Waals surface area contributed by atoms with Crippen molar-refractivity contribution in [3.8, 4) is 0 Å². The van der Waals surface area contributed by atoms with E-state index in [1.807, 2.05) is 18.2 Å². The van der Waals surface area contributed by atoms with Crippen LogP contribution in [0.25, 0.3) is 0 Å². The second kappa shape index (κ2) is 7.17. The van der Waals surface area contributed by atoms with Crippen LogP contribution in [0.5, 0.6) is 0 Å². The standard InChI is InChI=1S/C16H17BrINO5/c1-2-23-14(20)16(15(21)24-18)8-10-3-4-11(17)7-12(10)19-5-6-22-9-13(16)19/h3-4,7,13H,2,5-6,8-9H2,1H3. The summed E-state index contributed by atoms with van der Waals surface area (Å²) in [6, 6.07) is 5.40. The second-order valence-electron chi connectivity index (χ2n) is 5.79. The molecule has 0 spiro atoms. The van der Waals surface area contributed by atoms with Crippen LogP contribution in [0.2, 0.25) is 0 Å². The van der Waals surface area contributed by atoms with Crippen LogP contribution in [-0.4, -0.2) is 44.3 Å². The third kappa shape index (κ3) is 2.82. The molecule has 1 fully saturated rings. The van der Waals surface area contributed by atoms with Crippen molar-refractivity contribution >= 4 is 56.6 Å². The number of anilines is 1. The van der Waals surface area contributed by atoms with Crippen LogP contribution in [-0.2, 0) is 28.5 Å². The lowest BCUT2D eigenvalue weighted by Gasteiger charge is -2.49. The van der Waals surface area contributed by atoms with Gasteiger partial charge in [-0.15, -0.1) is 0 Å². The highest BCUT2D eigenvalue weighted by Crippen LogP contribution is 2.45.